The standard InChI is InChI=1S/C37H38N4O6/c1-24-10-8-9-13-32(24)40(3)37(46)38-31-19-14-25(20-33(31)47-4)21-34(42)39(2)28-17-15-26(16-18-28)29-22-41(23-30(29)36(44)45)35(43)27-11-6-5-7-12-27/h5-20,29-30H,21-23H2,1-4H3,(H,38,46)(H,44,45). The molecule has 0 aliphatic carbocycles. The third kappa shape index (κ3) is 7.27. The molecule has 1 aliphatic rings. The van der Waals surface area contributed by atoms with Crippen LogP contribution in [0.25, 0.3) is 0 Å². The number of nitrogens with one attached hydrogen (secondary N) is 1. The average molecular weight is 635 g/mol. The molecule has 10 nitrogen and oxygen atoms in total. The van der Waals surface area contributed by atoms with E-state index in [4.69, 9.17) is 4.74 Å². The van der Waals surface area contributed by atoms with Crippen molar-refractivity contribution in [3.63, 3.8) is 0 Å². The maximum Gasteiger partial charge on any atom is 0.326 e. The molecule has 2 N–H and O–H groups in total. The van der Waals surface area contributed by atoms with E-state index in [2.05, 4.69) is 5.32 Å². The van der Waals surface area contributed by atoms with Gasteiger partial charge in [-0.3, -0.25) is 19.3 Å². The summed E-state index contributed by atoms with van der Waals surface area (Å²) in [6.45, 7) is 2.35. The number of likely N-dealkylation sites (tertiary alicyclic amines) is 1. The smallest absolute Gasteiger partial charge is 0.326 e. The van der Waals surface area contributed by atoms with Crippen LogP contribution in [0, 0.1) is 12.8 Å². The SMILES string of the molecule is COc1cc(CC(=O)N(C)c2ccc(C3CN(C(=O)c4ccccc4)CC3C(=O)O)cc2)ccc1NC(=O)N(C)c1ccccc1C. The number of likely N-dealkylation sites (N-methyl/N-ethyl adjacent to an activating group) is 1. The zero-order valence-corrected chi connectivity index (χ0v) is 26.8. The van der Waals surface area contributed by atoms with Crippen molar-refractivity contribution in [3.05, 3.63) is 119 Å². The van der Waals surface area contributed by atoms with Gasteiger partial charge in [-0.25, -0.2) is 4.79 Å². The van der Waals surface area contributed by atoms with E-state index in [1.807, 2.05) is 49.4 Å². The Morgan fingerprint density at radius 1 is 0.872 bits per heavy atom. The number of carboxylic acid groups (broad SMARTS) is 1. The fourth-order valence-corrected chi connectivity index (χ4v) is 5.90. The number of methoxy groups -OCH3 is 1. The van der Waals surface area contributed by atoms with Crippen molar-refractivity contribution < 1.29 is 29.0 Å². The zero-order chi connectivity index (χ0) is 33.7. The molecule has 0 aromatic heterocycles. The maximum absolute atomic E-state index is 13.3. The highest BCUT2D eigenvalue weighted by molar-refractivity contribution is 6.03. The molecule has 4 aromatic rings. The molecule has 4 aromatic carbocycles. The van der Waals surface area contributed by atoms with Crippen molar-refractivity contribution in [3.8, 4) is 5.75 Å². The Morgan fingerprint density at radius 3 is 2.21 bits per heavy atom. The monoisotopic (exact) mass is 634 g/mol. The number of aliphatic carboxylic acids is 1. The second-order valence-electron chi connectivity index (χ2n) is 11.7. The fourth-order valence-electron chi connectivity index (χ4n) is 5.90. The number of ether oxygens (including phenoxy) is 1. The number of carbonyl (C=O) groups is 4. The van der Waals surface area contributed by atoms with Gasteiger partial charge in [0.15, 0.2) is 0 Å². The van der Waals surface area contributed by atoms with E-state index in [1.165, 1.54) is 16.9 Å². The van der Waals surface area contributed by atoms with Gasteiger partial charge in [0, 0.05) is 50.0 Å². The second-order valence-corrected chi connectivity index (χ2v) is 11.7. The predicted octanol–water partition coefficient (Wildman–Crippen LogP) is 5.82. The highest BCUT2D eigenvalue weighted by Crippen LogP contribution is 2.35. The first-order valence-corrected chi connectivity index (χ1v) is 15.3. The number of urea groups is 1. The van der Waals surface area contributed by atoms with Crippen LogP contribution in [0.4, 0.5) is 21.9 Å². The second kappa shape index (κ2) is 14.2. The first kappa shape index (κ1) is 32.7. The summed E-state index contributed by atoms with van der Waals surface area (Å²) in [6, 6.07) is 28.6. The Bertz CT molecular complexity index is 1780. The summed E-state index contributed by atoms with van der Waals surface area (Å²) in [5.41, 5.74) is 4.90. The number of carbonyl (C=O) groups excluding carboxylic acids is 3. The number of amides is 4. The van der Waals surface area contributed by atoms with Crippen molar-refractivity contribution in [2.45, 2.75) is 19.3 Å². The Morgan fingerprint density at radius 2 is 1.55 bits per heavy atom. The molecule has 0 saturated carbocycles. The van der Waals surface area contributed by atoms with E-state index in [0.29, 0.717) is 34.8 Å². The van der Waals surface area contributed by atoms with Crippen LogP contribution >= 0.6 is 0 Å². The fraction of sp³-hybridized carbons (Fsp3) is 0.243. The molecule has 1 saturated heterocycles. The molecule has 2 atom stereocenters. The predicted molar refractivity (Wildman–Crippen MR) is 181 cm³/mol. The number of hydrogen-bond donors (Lipinski definition) is 2. The summed E-state index contributed by atoms with van der Waals surface area (Å²) in [5.74, 6) is -1.99. The van der Waals surface area contributed by atoms with Crippen LogP contribution in [0.5, 0.6) is 5.75 Å². The molecule has 242 valence electrons. The molecule has 5 rings (SSSR count). The molecular weight excluding hydrogens is 596 g/mol. The molecule has 2 unspecified atom stereocenters. The molecule has 47 heavy (non-hydrogen) atoms. The topological polar surface area (TPSA) is 119 Å². The number of anilines is 3. The van der Waals surface area contributed by atoms with E-state index >= 15 is 0 Å². The van der Waals surface area contributed by atoms with Crippen LogP contribution in [-0.4, -0.2) is 68.1 Å². The van der Waals surface area contributed by atoms with Gasteiger partial charge in [-0.2, -0.15) is 0 Å². The van der Waals surface area contributed by atoms with E-state index in [1.54, 1.807) is 73.6 Å². The van der Waals surface area contributed by atoms with Gasteiger partial charge in [-0.15, -0.1) is 0 Å². The Hall–Kier alpha value is -5.64. The number of aryl methyl sites for hydroxylation is 1. The van der Waals surface area contributed by atoms with Crippen molar-refractivity contribution in [2.24, 2.45) is 5.92 Å². The Kier molecular flexibility index (Phi) is 9.89. The summed E-state index contributed by atoms with van der Waals surface area (Å²) in [5, 5.41) is 12.8. The highest BCUT2D eigenvalue weighted by atomic mass is 16.5. The molecular formula is C37H38N4O6. The summed E-state index contributed by atoms with van der Waals surface area (Å²) < 4.78 is 5.53. The molecule has 4 amide bonds. The minimum atomic E-state index is -0.950. The van der Waals surface area contributed by atoms with Crippen LogP contribution in [-0.2, 0) is 16.0 Å². The Labute approximate surface area is 274 Å². The summed E-state index contributed by atoms with van der Waals surface area (Å²) in [6.07, 6.45) is 0.0895. The van der Waals surface area contributed by atoms with Gasteiger partial charge in [0.2, 0.25) is 5.91 Å². The molecule has 1 fully saturated rings. The number of para-hydroxylation sites is 1. The van der Waals surface area contributed by atoms with Crippen LogP contribution in [0.2, 0.25) is 0 Å². The third-order valence-corrected chi connectivity index (χ3v) is 8.67. The largest absolute Gasteiger partial charge is 0.495 e. The van der Waals surface area contributed by atoms with Gasteiger partial charge >= 0.3 is 12.0 Å². The molecule has 10 heteroatoms. The minimum absolute atomic E-state index is 0.0895. The molecule has 1 aliphatic heterocycles. The third-order valence-electron chi connectivity index (χ3n) is 8.67. The molecule has 0 spiro atoms. The van der Waals surface area contributed by atoms with E-state index in [9.17, 15) is 24.3 Å². The first-order valence-electron chi connectivity index (χ1n) is 15.3. The summed E-state index contributed by atoms with van der Waals surface area (Å²) in [4.78, 5) is 56.0. The van der Waals surface area contributed by atoms with Crippen LogP contribution < -0.4 is 19.9 Å². The number of nitrogens with zero attached hydrogens (tertiary/aromatic N) is 3. The van der Waals surface area contributed by atoms with Crippen molar-refractivity contribution in [1.82, 2.24) is 4.90 Å². The van der Waals surface area contributed by atoms with E-state index in [-0.39, 0.29) is 36.7 Å². The number of benzene rings is 4. The van der Waals surface area contributed by atoms with Gasteiger partial charge in [0.05, 0.1) is 25.1 Å². The highest BCUT2D eigenvalue weighted by Gasteiger charge is 2.40. The molecule has 1 heterocycles. The number of hydrogen-bond acceptors (Lipinski definition) is 5. The lowest BCUT2D eigenvalue weighted by Crippen LogP contribution is -2.31. The van der Waals surface area contributed by atoms with Crippen LogP contribution in [0.3, 0.4) is 0 Å². The van der Waals surface area contributed by atoms with Gasteiger partial charge in [0.1, 0.15) is 5.75 Å². The maximum atomic E-state index is 13.3. The number of carboxylic acids is 1. The van der Waals surface area contributed by atoms with Gasteiger partial charge in [0.25, 0.3) is 5.91 Å². The average Bonchev–Trinajstić information content (AvgIpc) is 3.54. The van der Waals surface area contributed by atoms with Crippen molar-refractivity contribution in [2.75, 3.05) is 49.4 Å². The zero-order valence-electron chi connectivity index (χ0n) is 26.8. The number of rotatable bonds is 9. The van der Waals surface area contributed by atoms with Gasteiger partial charge < -0.3 is 25.0 Å². The lowest BCUT2D eigenvalue weighted by atomic mass is 9.89. The summed E-state index contributed by atoms with van der Waals surface area (Å²) >= 11 is 0. The Balaban J connectivity index is 1.23. The quantitative estimate of drug-likeness (QED) is 0.240. The molecule has 0 bridgehead atoms. The van der Waals surface area contributed by atoms with Crippen LogP contribution in [0.1, 0.15) is 33.0 Å². The molecule has 0 radical (unpaired) electrons. The van der Waals surface area contributed by atoms with Crippen molar-refractivity contribution >= 4 is 40.9 Å². The van der Waals surface area contributed by atoms with Crippen molar-refractivity contribution in [1.29, 1.82) is 0 Å². The summed E-state index contributed by atoms with van der Waals surface area (Å²) in [7, 11) is 4.88. The van der Waals surface area contributed by atoms with E-state index in [0.717, 1.165) is 16.8 Å². The van der Waals surface area contributed by atoms with Gasteiger partial charge in [-0.05, 0) is 66.1 Å². The first-order chi connectivity index (χ1) is 22.6. The lowest BCUT2D eigenvalue weighted by Gasteiger charge is -2.21. The van der Waals surface area contributed by atoms with E-state index < -0.39 is 11.9 Å². The lowest BCUT2D eigenvalue weighted by molar-refractivity contribution is -0.141. The normalized spacial score (nSPS) is 15.5. The minimum Gasteiger partial charge on any atom is -0.495 e. The van der Waals surface area contributed by atoms with Crippen LogP contribution in [0.15, 0.2) is 97.1 Å². The van der Waals surface area contributed by atoms with Gasteiger partial charge in [-0.1, -0.05) is 54.6 Å².